The van der Waals surface area contributed by atoms with Crippen molar-refractivity contribution in [2.45, 2.75) is 0 Å². The Bertz CT molecular complexity index is 1320. The molecule has 0 unspecified atom stereocenters. The standard InChI is InChI=1S/C23H16N2O5/c1-28-21-10-17-16-7-2-3-8-19(16)30-20(17)11-18(21)25-22(26)13-29-23(27)15-6-4-5-14(9-15)12-24/h2-11H,13H2,1H3,(H,25,26). The third-order valence-electron chi connectivity index (χ3n) is 4.53. The van der Waals surface area contributed by atoms with Crippen molar-refractivity contribution in [2.24, 2.45) is 0 Å². The molecular weight excluding hydrogens is 384 g/mol. The largest absolute Gasteiger partial charge is 0.495 e. The van der Waals surface area contributed by atoms with E-state index in [1.165, 1.54) is 19.2 Å². The molecule has 30 heavy (non-hydrogen) atoms. The molecule has 3 aromatic carbocycles. The van der Waals surface area contributed by atoms with Crippen LogP contribution in [0.2, 0.25) is 0 Å². The molecule has 0 aliphatic heterocycles. The molecule has 7 nitrogen and oxygen atoms in total. The lowest BCUT2D eigenvalue weighted by molar-refractivity contribution is -0.119. The third-order valence-corrected chi connectivity index (χ3v) is 4.53. The predicted octanol–water partition coefficient (Wildman–Crippen LogP) is 4.26. The van der Waals surface area contributed by atoms with Gasteiger partial charge in [-0.15, -0.1) is 0 Å². The number of fused-ring (bicyclic) bond motifs is 3. The van der Waals surface area contributed by atoms with Crippen molar-refractivity contribution in [1.82, 2.24) is 0 Å². The molecule has 0 aliphatic rings. The molecule has 0 atom stereocenters. The van der Waals surface area contributed by atoms with Crippen LogP contribution in [0.3, 0.4) is 0 Å². The summed E-state index contributed by atoms with van der Waals surface area (Å²) in [5, 5.41) is 13.4. The number of ether oxygens (including phenoxy) is 2. The van der Waals surface area contributed by atoms with E-state index in [0.29, 0.717) is 22.6 Å². The number of amides is 1. The van der Waals surface area contributed by atoms with Crippen LogP contribution in [0.1, 0.15) is 15.9 Å². The van der Waals surface area contributed by atoms with Crippen LogP contribution in [0, 0.1) is 11.3 Å². The minimum Gasteiger partial charge on any atom is -0.495 e. The Morgan fingerprint density at radius 1 is 1.03 bits per heavy atom. The van der Waals surface area contributed by atoms with Gasteiger partial charge < -0.3 is 19.2 Å². The van der Waals surface area contributed by atoms with Crippen LogP contribution in [-0.4, -0.2) is 25.6 Å². The molecule has 1 amide bonds. The van der Waals surface area contributed by atoms with Gasteiger partial charge >= 0.3 is 5.97 Å². The molecule has 0 radical (unpaired) electrons. The van der Waals surface area contributed by atoms with Gasteiger partial charge in [-0.3, -0.25) is 4.79 Å². The van der Waals surface area contributed by atoms with Gasteiger partial charge in [0, 0.05) is 16.8 Å². The number of anilines is 1. The fourth-order valence-electron chi connectivity index (χ4n) is 3.13. The van der Waals surface area contributed by atoms with Gasteiger partial charge in [0.2, 0.25) is 0 Å². The number of rotatable bonds is 5. The lowest BCUT2D eigenvalue weighted by atomic mass is 10.1. The van der Waals surface area contributed by atoms with Crippen molar-refractivity contribution in [3.8, 4) is 11.8 Å². The highest BCUT2D eigenvalue weighted by molar-refractivity contribution is 6.08. The van der Waals surface area contributed by atoms with E-state index >= 15 is 0 Å². The van der Waals surface area contributed by atoms with Crippen LogP contribution in [-0.2, 0) is 9.53 Å². The van der Waals surface area contributed by atoms with Crippen LogP contribution in [0.25, 0.3) is 21.9 Å². The fraction of sp³-hybridized carbons (Fsp3) is 0.0870. The lowest BCUT2D eigenvalue weighted by Crippen LogP contribution is -2.21. The van der Waals surface area contributed by atoms with E-state index in [9.17, 15) is 9.59 Å². The van der Waals surface area contributed by atoms with Crippen LogP contribution in [0.5, 0.6) is 5.75 Å². The summed E-state index contributed by atoms with van der Waals surface area (Å²) < 4.78 is 16.3. The van der Waals surface area contributed by atoms with Crippen molar-refractivity contribution in [2.75, 3.05) is 19.0 Å². The number of carbonyl (C=O) groups is 2. The monoisotopic (exact) mass is 400 g/mol. The van der Waals surface area contributed by atoms with Crippen molar-refractivity contribution in [3.05, 3.63) is 71.8 Å². The minimum absolute atomic E-state index is 0.197. The fourth-order valence-corrected chi connectivity index (χ4v) is 3.13. The highest BCUT2D eigenvalue weighted by Gasteiger charge is 2.16. The smallest absolute Gasteiger partial charge is 0.338 e. The van der Waals surface area contributed by atoms with Gasteiger partial charge in [-0.25, -0.2) is 4.79 Å². The van der Waals surface area contributed by atoms with Gasteiger partial charge in [0.05, 0.1) is 30.0 Å². The first kappa shape index (κ1) is 19.0. The molecule has 0 saturated carbocycles. The van der Waals surface area contributed by atoms with Gasteiger partial charge in [0.25, 0.3) is 5.91 Å². The molecule has 4 rings (SSSR count). The number of nitriles is 1. The van der Waals surface area contributed by atoms with Gasteiger partial charge in [0.15, 0.2) is 6.61 Å². The zero-order valence-electron chi connectivity index (χ0n) is 16.0. The summed E-state index contributed by atoms with van der Waals surface area (Å²) in [6.45, 7) is -0.489. The Kier molecular flexibility index (Phi) is 5.06. The molecule has 148 valence electrons. The highest BCUT2D eigenvalue weighted by atomic mass is 16.5. The number of nitrogens with zero attached hydrogens (tertiary/aromatic N) is 1. The molecular formula is C23H16N2O5. The highest BCUT2D eigenvalue weighted by Crippen LogP contribution is 2.36. The number of hydrogen-bond donors (Lipinski definition) is 1. The summed E-state index contributed by atoms with van der Waals surface area (Å²) in [6.07, 6.45) is 0. The SMILES string of the molecule is COc1cc2c(cc1NC(=O)COC(=O)c1cccc(C#N)c1)oc1ccccc12. The van der Waals surface area contributed by atoms with Crippen LogP contribution >= 0.6 is 0 Å². The number of methoxy groups -OCH3 is 1. The number of esters is 1. The topological polar surface area (TPSA) is 102 Å². The Hall–Kier alpha value is -4.31. The molecule has 7 heteroatoms. The zero-order chi connectivity index (χ0) is 21.1. The maximum atomic E-state index is 12.3. The number of carbonyl (C=O) groups excluding carboxylic acids is 2. The average Bonchev–Trinajstić information content (AvgIpc) is 3.14. The second kappa shape index (κ2) is 7.97. The molecule has 0 fully saturated rings. The Labute approximate surface area is 171 Å². The minimum atomic E-state index is -0.693. The Morgan fingerprint density at radius 2 is 1.87 bits per heavy atom. The predicted molar refractivity (Wildman–Crippen MR) is 110 cm³/mol. The molecule has 0 spiro atoms. The maximum absolute atomic E-state index is 12.3. The van der Waals surface area contributed by atoms with Crippen molar-refractivity contribution in [1.29, 1.82) is 5.26 Å². The molecule has 0 saturated heterocycles. The first-order chi connectivity index (χ1) is 14.6. The van der Waals surface area contributed by atoms with Crippen molar-refractivity contribution >= 4 is 39.5 Å². The average molecular weight is 400 g/mol. The van der Waals surface area contributed by atoms with Crippen LogP contribution in [0.15, 0.2) is 65.1 Å². The number of nitrogens with one attached hydrogen (secondary N) is 1. The van der Waals surface area contributed by atoms with Gasteiger partial charge in [-0.1, -0.05) is 24.3 Å². The quantitative estimate of drug-likeness (QED) is 0.502. The van der Waals surface area contributed by atoms with E-state index in [1.807, 2.05) is 30.3 Å². The maximum Gasteiger partial charge on any atom is 0.338 e. The Balaban J connectivity index is 1.50. The van der Waals surface area contributed by atoms with E-state index in [0.717, 1.165) is 16.4 Å². The Morgan fingerprint density at radius 3 is 2.67 bits per heavy atom. The number of furan rings is 1. The number of benzene rings is 3. The molecule has 0 bridgehead atoms. The first-order valence-corrected chi connectivity index (χ1v) is 9.05. The van der Waals surface area contributed by atoms with Gasteiger partial charge in [0.1, 0.15) is 16.9 Å². The summed E-state index contributed by atoms with van der Waals surface area (Å²) in [4.78, 5) is 24.4. The van der Waals surface area contributed by atoms with Crippen molar-refractivity contribution in [3.63, 3.8) is 0 Å². The lowest BCUT2D eigenvalue weighted by Gasteiger charge is -2.11. The van der Waals surface area contributed by atoms with Crippen LogP contribution < -0.4 is 10.1 Å². The number of hydrogen-bond acceptors (Lipinski definition) is 6. The third kappa shape index (κ3) is 3.66. The summed E-state index contributed by atoms with van der Waals surface area (Å²) in [7, 11) is 1.50. The summed E-state index contributed by atoms with van der Waals surface area (Å²) >= 11 is 0. The van der Waals surface area contributed by atoms with Gasteiger partial charge in [-0.2, -0.15) is 5.26 Å². The number of para-hydroxylation sites is 1. The summed E-state index contributed by atoms with van der Waals surface area (Å²) in [5.74, 6) is -0.772. The van der Waals surface area contributed by atoms with E-state index < -0.39 is 18.5 Å². The van der Waals surface area contributed by atoms with E-state index in [1.54, 1.807) is 24.3 Å². The van der Waals surface area contributed by atoms with E-state index in [4.69, 9.17) is 19.2 Å². The second-order valence-corrected chi connectivity index (χ2v) is 6.46. The molecule has 0 aliphatic carbocycles. The second-order valence-electron chi connectivity index (χ2n) is 6.46. The summed E-state index contributed by atoms with van der Waals surface area (Å²) in [6, 6.07) is 19.1. The summed E-state index contributed by atoms with van der Waals surface area (Å²) in [5.41, 5.74) is 2.25. The molecule has 1 N–H and O–H groups in total. The van der Waals surface area contributed by atoms with Crippen molar-refractivity contribution < 1.29 is 23.5 Å². The normalized spacial score (nSPS) is 10.5. The molecule has 1 aromatic heterocycles. The van der Waals surface area contributed by atoms with E-state index in [-0.39, 0.29) is 5.56 Å². The molecule has 1 heterocycles. The zero-order valence-corrected chi connectivity index (χ0v) is 16.0. The molecule has 4 aromatic rings. The van der Waals surface area contributed by atoms with Crippen LogP contribution in [0.4, 0.5) is 5.69 Å². The van der Waals surface area contributed by atoms with E-state index in [2.05, 4.69) is 5.32 Å². The first-order valence-electron chi connectivity index (χ1n) is 9.05. The van der Waals surface area contributed by atoms with Gasteiger partial charge in [-0.05, 0) is 30.3 Å².